The van der Waals surface area contributed by atoms with Gasteiger partial charge in [-0.15, -0.1) is 0 Å². The van der Waals surface area contributed by atoms with E-state index in [1.807, 2.05) is 0 Å². The van der Waals surface area contributed by atoms with Crippen molar-refractivity contribution < 1.29 is 28.5 Å². The normalized spacial score (nSPS) is 10.2. The molecule has 27 heavy (non-hydrogen) atoms. The second-order valence-electron chi connectivity index (χ2n) is 5.89. The summed E-state index contributed by atoms with van der Waals surface area (Å²) in [6, 6.07) is 10.2. The number of rotatable bonds is 10. The maximum Gasteiger partial charge on any atom is 0.161 e. The largest absolute Gasteiger partial charge is 0.493 e. The molecule has 144 valence electrons. The number of ketones is 2. The number of benzene rings is 2. The van der Waals surface area contributed by atoms with Gasteiger partial charge in [-0.25, -0.2) is 0 Å². The Morgan fingerprint density at radius 1 is 0.704 bits per heavy atom. The molecule has 0 N–H and O–H groups in total. The van der Waals surface area contributed by atoms with Crippen molar-refractivity contribution in [2.24, 2.45) is 0 Å². The van der Waals surface area contributed by atoms with Crippen LogP contribution in [-0.2, 0) is 0 Å². The van der Waals surface area contributed by atoms with Gasteiger partial charge in [-0.05, 0) is 50.2 Å². The van der Waals surface area contributed by atoms with E-state index in [9.17, 15) is 9.59 Å². The minimum atomic E-state index is -0.0296. The summed E-state index contributed by atoms with van der Waals surface area (Å²) >= 11 is 0. The van der Waals surface area contributed by atoms with Gasteiger partial charge in [0.25, 0.3) is 0 Å². The van der Waals surface area contributed by atoms with Crippen LogP contribution in [0.2, 0.25) is 0 Å². The van der Waals surface area contributed by atoms with Crippen molar-refractivity contribution in [1.82, 2.24) is 0 Å². The van der Waals surface area contributed by atoms with Crippen LogP contribution in [0.25, 0.3) is 0 Å². The highest BCUT2D eigenvalue weighted by molar-refractivity contribution is 5.95. The maximum absolute atomic E-state index is 11.4. The van der Waals surface area contributed by atoms with E-state index in [0.717, 1.165) is 0 Å². The first-order valence-corrected chi connectivity index (χ1v) is 8.59. The number of ether oxygens (including phenoxy) is 4. The highest BCUT2D eigenvalue weighted by Gasteiger charge is 2.10. The quantitative estimate of drug-likeness (QED) is 0.464. The first kappa shape index (κ1) is 20.3. The molecule has 0 aliphatic rings. The Morgan fingerprint density at radius 3 is 1.44 bits per heavy atom. The summed E-state index contributed by atoms with van der Waals surface area (Å²) in [5.41, 5.74) is 1.15. The first-order valence-electron chi connectivity index (χ1n) is 8.59. The highest BCUT2D eigenvalue weighted by Crippen LogP contribution is 2.29. The van der Waals surface area contributed by atoms with Crippen LogP contribution in [0.15, 0.2) is 36.4 Å². The molecule has 0 aliphatic carbocycles. The van der Waals surface area contributed by atoms with Crippen LogP contribution < -0.4 is 18.9 Å². The van der Waals surface area contributed by atoms with Gasteiger partial charge < -0.3 is 18.9 Å². The molecule has 2 aromatic carbocycles. The molecule has 0 bridgehead atoms. The Hall–Kier alpha value is -3.02. The molecule has 0 spiro atoms. The molecule has 0 atom stereocenters. The number of hydrogen-bond donors (Lipinski definition) is 0. The fourth-order valence-corrected chi connectivity index (χ4v) is 2.43. The highest BCUT2D eigenvalue weighted by atomic mass is 16.5. The Balaban J connectivity index is 1.87. The predicted octanol–water partition coefficient (Wildman–Crippen LogP) is 3.96. The van der Waals surface area contributed by atoms with Crippen molar-refractivity contribution in [3.8, 4) is 23.0 Å². The zero-order valence-corrected chi connectivity index (χ0v) is 16.0. The van der Waals surface area contributed by atoms with Crippen molar-refractivity contribution in [2.75, 3.05) is 27.4 Å². The molecule has 0 aliphatic heterocycles. The Labute approximate surface area is 159 Å². The number of hydrogen-bond acceptors (Lipinski definition) is 6. The van der Waals surface area contributed by atoms with Gasteiger partial charge in [-0.1, -0.05) is 0 Å². The Morgan fingerprint density at radius 2 is 1.11 bits per heavy atom. The average Bonchev–Trinajstić information content (AvgIpc) is 2.67. The van der Waals surface area contributed by atoms with E-state index in [-0.39, 0.29) is 11.6 Å². The minimum Gasteiger partial charge on any atom is -0.493 e. The van der Waals surface area contributed by atoms with Crippen molar-refractivity contribution in [2.45, 2.75) is 20.3 Å². The SMILES string of the molecule is COc1cc(C(C)=O)ccc1OCCCOc1ccc(C(C)=O)cc1OC. The number of carbonyl (C=O) groups excluding carboxylic acids is 2. The second kappa shape index (κ2) is 9.62. The molecule has 0 amide bonds. The van der Waals surface area contributed by atoms with Crippen molar-refractivity contribution >= 4 is 11.6 Å². The van der Waals surface area contributed by atoms with Crippen LogP contribution in [0.4, 0.5) is 0 Å². The molecule has 0 saturated heterocycles. The number of carbonyl (C=O) groups is 2. The van der Waals surface area contributed by atoms with E-state index in [1.165, 1.54) is 28.1 Å². The first-order chi connectivity index (χ1) is 13.0. The lowest BCUT2D eigenvalue weighted by Gasteiger charge is -2.13. The smallest absolute Gasteiger partial charge is 0.161 e. The van der Waals surface area contributed by atoms with E-state index in [4.69, 9.17) is 18.9 Å². The van der Waals surface area contributed by atoms with Crippen LogP contribution in [0.1, 0.15) is 41.0 Å². The van der Waals surface area contributed by atoms with E-state index in [1.54, 1.807) is 36.4 Å². The van der Waals surface area contributed by atoms with Gasteiger partial charge in [-0.3, -0.25) is 9.59 Å². The van der Waals surface area contributed by atoms with Crippen LogP contribution in [0, 0.1) is 0 Å². The van der Waals surface area contributed by atoms with Gasteiger partial charge in [0.1, 0.15) is 0 Å². The topological polar surface area (TPSA) is 71.1 Å². The van der Waals surface area contributed by atoms with Gasteiger partial charge >= 0.3 is 0 Å². The summed E-state index contributed by atoms with van der Waals surface area (Å²) < 4.78 is 22.0. The van der Waals surface area contributed by atoms with Gasteiger partial charge in [0.15, 0.2) is 34.6 Å². The van der Waals surface area contributed by atoms with Gasteiger partial charge in [0, 0.05) is 17.5 Å². The fraction of sp³-hybridized carbons (Fsp3) is 0.333. The molecule has 0 fully saturated rings. The third-order valence-electron chi connectivity index (χ3n) is 3.94. The summed E-state index contributed by atoms with van der Waals surface area (Å²) in [4.78, 5) is 22.9. The lowest BCUT2D eigenvalue weighted by Crippen LogP contribution is -2.07. The van der Waals surface area contributed by atoms with Gasteiger partial charge in [0.05, 0.1) is 27.4 Å². The zero-order chi connectivity index (χ0) is 19.8. The van der Waals surface area contributed by atoms with Crippen LogP contribution in [0.3, 0.4) is 0 Å². The lowest BCUT2D eigenvalue weighted by molar-refractivity contribution is 0.100. The molecule has 0 radical (unpaired) electrons. The Bertz CT molecular complexity index is 745. The van der Waals surface area contributed by atoms with Crippen molar-refractivity contribution in [3.05, 3.63) is 47.5 Å². The molecule has 2 rings (SSSR count). The van der Waals surface area contributed by atoms with E-state index < -0.39 is 0 Å². The predicted molar refractivity (Wildman–Crippen MR) is 102 cm³/mol. The third kappa shape index (κ3) is 5.48. The monoisotopic (exact) mass is 372 g/mol. The molecule has 0 aromatic heterocycles. The summed E-state index contributed by atoms with van der Waals surface area (Å²) in [6.45, 7) is 3.85. The number of methoxy groups -OCH3 is 2. The Kier molecular flexibility index (Phi) is 7.23. The lowest BCUT2D eigenvalue weighted by atomic mass is 10.1. The van der Waals surface area contributed by atoms with Crippen molar-refractivity contribution in [3.63, 3.8) is 0 Å². The van der Waals surface area contributed by atoms with Gasteiger partial charge in [-0.2, -0.15) is 0 Å². The molecule has 0 saturated carbocycles. The zero-order valence-electron chi connectivity index (χ0n) is 16.0. The molecular weight excluding hydrogens is 348 g/mol. The molecule has 2 aromatic rings. The third-order valence-corrected chi connectivity index (χ3v) is 3.94. The maximum atomic E-state index is 11.4. The van der Waals surface area contributed by atoms with E-state index >= 15 is 0 Å². The molecule has 6 heteroatoms. The number of Topliss-reactive ketones (excluding diaryl/α,β-unsaturated/α-hetero) is 2. The summed E-state index contributed by atoms with van der Waals surface area (Å²) in [7, 11) is 3.07. The van der Waals surface area contributed by atoms with E-state index in [0.29, 0.717) is 53.8 Å². The minimum absolute atomic E-state index is 0.0296. The molecule has 0 heterocycles. The van der Waals surface area contributed by atoms with Crippen LogP contribution in [-0.4, -0.2) is 39.0 Å². The molecule has 0 unspecified atom stereocenters. The average molecular weight is 372 g/mol. The van der Waals surface area contributed by atoms with Crippen molar-refractivity contribution in [1.29, 1.82) is 0 Å². The molecule has 6 nitrogen and oxygen atoms in total. The summed E-state index contributed by atoms with van der Waals surface area (Å²) in [5, 5.41) is 0. The van der Waals surface area contributed by atoms with E-state index in [2.05, 4.69) is 0 Å². The summed E-state index contributed by atoms with van der Waals surface area (Å²) in [6.07, 6.45) is 0.634. The van der Waals surface area contributed by atoms with Crippen LogP contribution in [0.5, 0.6) is 23.0 Å². The standard InChI is InChI=1S/C21H24O6/c1-14(22)16-6-8-18(20(12-16)24-3)26-10-5-11-27-19-9-7-17(15(2)23)13-21(19)25-4/h6-9,12-13H,5,10-11H2,1-4H3. The fourth-order valence-electron chi connectivity index (χ4n) is 2.43. The van der Waals surface area contributed by atoms with Gasteiger partial charge in [0.2, 0.25) is 0 Å². The second-order valence-corrected chi connectivity index (χ2v) is 5.89. The van der Waals surface area contributed by atoms with Crippen LogP contribution >= 0.6 is 0 Å². The summed E-state index contributed by atoms with van der Waals surface area (Å²) in [5.74, 6) is 2.13. The molecular formula is C21H24O6.